The monoisotopic (exact) mass is 259 g/mol. The fourth-order valence-corrected chi connectivity index (χ4v) is 1.66. The summed E-state index contributed by atoms with van der Waals surface area (Å²) in [6.45, 7) is 1.89. The molecule has 5 heteroatoms. The second kappa shape index (κ2) is 6.15. The van der Waals surface area contributed by atoms with Gasteiger partial charge in [-0.3, -0.25) is 4.79 Å². The first kappa shape index (κ1) is 13.3. The molecule has 0 bridgehead atoms. The number of anilines is 1. The number of carbonyl (C=O) groups is 1. The summed E-state index contributed by atoms with van der Waals surface area (Å²) in [6, 6.07) is 7.46. The summed E-state index contributed by atoms with van der Waals surface area (Å²) in [5, 5.41) is 2.83. The zero-order valence-corrected chi connectivity index (χ0v) is 10.8. The molecule has 1 heterocycles. The van der Waals surface area contributed by atoms with Crippen LogP contribution in [-0.4, -0.2) is 16.9 Å². The summed E-state index contributed by atoms with van der Waals surface area (Å²) in [5.41, 5.74) is 7.30. The molecule has 1 atom stereocenters. The molecule has 0 spiro atoms. The van der Waals surface area contributed by atoms with E-state index in [1.54, 1.807) is 6.20 Å². The molecule has 1 amide bonds. The van der Waals surface area contributed by atoms with Crippen molar-refractivity contribution in [2.75, 3.05) is 5.32 Å². The molecule has 0 aliphatic rings. The minimum Gasteiger partial charge on any atom is -0.444 e. The van der Waals surface area contributed by atoms with Crippen LogP contribution in [0, 0.1) is 0 Å². The van der Waals surface area contributed by atoms with Crippen molar-refractivity contribution in [3.8, 4) is 11.3 Å². The zero-order valence-electron chi connectivity index (χ0n) is 10.8. The smallest absolute Gasteiger partial charge is 0.224 e. The van der Waals surface area contributed by atoms with E-state index in [4.69, 9.17) is 10.2 Å². The largest absolute Gasteiger partial charge is 0.444 e. The molecule has 1 unspecified atom stereocenters. The Morgan fingerprint density at radius 1 is 1.42 bits per heavy atom. The Hall–Kier alpha value is -2.14. The Bertz CT molecular complexity index is 518. The van der Waals surface area contributed by atoms with Crippen LogP contribution in [0.2, 0.25) is 0 Å². The van der Waals surface area contributed by atoms with E-state index in [0.29, 0.717) is 18.6 Å². The van der Waals surface area contributed by atoms with Crippen LogP contribution in [0.3, 0.4) is 0 Å². The van der Waals surface area contributed by atoms with E-state index >= 15 is 0 Å². The Morgan fingerprint density at radius 3 is 2.74 bits per heavy atom. The summed E-state index contributed by atoms with van der Waals surface area (Å²) in [7, 11) is 0. The van der Waals surface area contributed by atoms with Gasteiger partial charge in [0.1, 0.15) is 0 Å². The van der Waals surface area contributed by atoms with Gasteiger partial charge >= 0.3 is 0 Å². The third-order valence-electron chi connectivity index (χ3n) is 2.71. The Morgan fingerprint density at radius 2 is 2.16 bits per heavy atom. The normalized spacial score (nSPS) is 12.1. The van der Waals surface area contributed by atoms with Crippen LogP contribution in [0.25, 0.3) is 11.3 Å². The lowest BCUT2D eigenvalue weighted by Crippen LogP contribution is -2.19. The number of carbonyl (C=O) groups excluding carboxylic acids is 1. The van der Waals surface area contributed by atoms with Crippen molar-refractivity contribution >= 4 is 11.6 Å². The molecule has 100 valence electrons. The van der Waals surface area contributed by atoms with Crippen molar-refractivity contribution in [1.82, 2.24) is 4.98 Å². The average molecular weight is 259 g/mol. The van der Waals surface area contributed by atoms with Crippen LogP contribution in [0.5, 0.6) is 0 Å². The van der Waals surface area contributed by atoms with Gasteiger partial charge in [0.05, 0.1) is 6.20 Å². The molecule has 1 aromatic carbocycles. The molecule has 3 N–H and O–H groups in total. The molecule has 19 heavy (non-hydrogen) atoms. The van der Waals surface area contributed by atoms with Gasteiger partial charge in [-0.2, -0.15) is 0 Å². The number of oxazole rings is 1. The minimum absolute atomic E-state index is 0.0234. The fourth-order valence-electron chi connectivity index (χ4n) is 1.66. The third-order valence-corrected chi connectivity index (χ3v) is 2.71. The van der Waals surface area contributed by atoms with Crippen molar-refractivity contribution < 1.29 is 9.21 Å². The highest BCUT2D eigenvalue weighted by molar-refractivity contribution is 5.90. The lowest BCUT2D eigenvalue weighted by Gasteiger charge is -2.07. The molecule has 0 saturated heterocycles. The number of rotatable bonds is 5. The second-order valence-corrected chi connectivity index (χ2v) is 4.51. The number of amides is 1. The Kier molecular flexibility index (Phi) is 4.30. The molecule has 0 aliphatic heterocycles. The summed E-state index contributed by atoms with van der Waals surface area (Å²) in [4.78, 5) is 15.5. The van der Waals surface area contributed by atoms with Crippen molar-refractivity contribution in [2.45, 2.75) is 25.8 Å². The van der Waals surface area contributed by atoms with Gasteiger partial charge in [-0.15, -0.1) is 0 Å². The van der Waals surface area contributed by atoms with Crippen LogP contribution in [0.1, 0.15) is 19.8 Å². The molecule has 1 aromatic heterocycles. The Balaban J connectivity index is 1.94. The molecular weight excluding hydrogens is 242 g/mol. The lowest BCUT2D eigenvalue weighted by molar-refractivity contribution is -0.116. The first-order valence-electron chi connectivity index (χ1n) is 6.19. The molecule has 0 fully saturated rings. The van der Waals surface area contributed by atoms with Gasteiger partial charge in [0.15, 0.2) is 12.2 Å². The first-order valence-corrected chi connectivity index (χ1v) is 6.19. The quantitative estimate of drug-likeness (QED) is 0.864. The zero-order chi connectivity index (χ0) is 13.7. The topological polar surface area (TPSA) is 81.2 Å². The van der Waals surface area contributed by atoms with Gasteiger partial charge in [0, 0.05) is 23.7 Å². The highest BCUT2D eigenvalue weighted by Gasteiger charge is 2.05. The van der Waals surface area contributed by atoms with Gasteiger partial charge in [-0.1, -0.05) is 0 Å². The van der Waals surface area contributed by atoms with E-state index in [0.717, 1.165) is 11.3 Å². The molecule has 0 aliphatic carbocycles. The number of hydrogen-bond acceptors (Lipinski definition) is 4. The third kappa shape index (κ3) is 3.93. The molecular formula is C14H17N3O2. The molecule has 0 radical (unpaired) electrons. The maximum atomic E-state index is 11.6. The predicted molar refractivity (Wildman–Crippen MR) is 73.5 cm³/mol. The van der Waals surface area contributed by atoms with Gasteiger partial charge < -0.3 is 15.5 Å². The average Bonchev–Trinajstić information content (AvgIpc) is 2.91. The van der Waals surface area contributed by atoms with Crippen molar-refractivity contribution in [2.24, 2.45) is 5.73 Å². The standard InChI is InChI=1S/C14H17N3O2/c1-10(15)2-7-14(18)17-12-5-3-11(4-6-12)13-8-16-9-19-13/h3-6,8-10H,2,7,15H2,1H3,(H,17,18). The molecule has 2 aromatic rings. The van der Waals surface area contributed by atoms with Crippen LogP contribution in [0.4, 0.5) is 5.69 Å². The maximum absolute atomic E-state index is 11.6. The number of hydrogen-bond donors (Lipinski definition) is 2. The van der Waals surface area contributed by atoms with E-state index in [2.05, 4.69) is 10.3 Å². The van der Waals surface area contributed by atoms with Crippen LogP contribution < -0.4 is 11.1 Å². The van der Waals surface area contributed by atoms with E-state index in [-0.39, 0.29) is 11.9 Å². The van der Waals surface area contributed by atoms with Crippen LogP contribution in [-0.2, 0) is 4.79 Å². The number of nitrogens with zero attached hydrogens (tertiary/aromatic N) is 1. The predicted octanol–water partition coefficient (Wildman–Crippen LogP) is 2.41. The summed E-state index contributed by atoms with van der Waals surface area (Å²) in [6.07, 6.45) is 4.15. The van der Waals surface area contributed by atoms with Crippen molar-refractivity contribution in [3.05, 3.63) is 36.9 Å². The van der Waals surface area contributed by atoms with Gasteiger partial charge in [0.2, 0.25) is 5.91 Å². The lowest BCUT2D eigenvalue weighted by atomic mass is 10.1. The highest BCUT2D eigenvalue weighted by atomic mass is 16.3. The number of nitrogens with one attached hydrogen (secondary N) is 1. The van der Waals surface area contributed by atoms with Gasteiger partial charge in [-0.25, -0.2) is 4.98 Å². The SMILES string of the molecule is CC(N)CCC(=O)Nc1ccc(-c2cnco2)cc1. The van der Waals surface area contributed by atoms with E-state index in [1.165, 1.54) is 6.39 Å². The number of benzene rings is 1. The van der Waals surface area contributed by atoms with E-state index in [1.807, 2.05) is 31.2 Å². The van der Waals surface area contributed by atoms with Crippen molar-refractivity contribution in [3.63, 3.8) is 0 Å². The minimum atomic E-state index is -0.0234. The van der Waals surface area contributed by atoms with E-state index < -0.39 is 0 Å². The first-order chi connectivity index (χ1) is 9.15. The fraction of sp³-hybridized carbons (Fsp3) is 0.286. The van der Waals surface area contributed by atoms with Crippen molar-refractivity contribution in [1.29, 1.82) is 0 Å². The molecule has 5 nitrogen and oxygen atoms in total. The summed E-state index contributed by atoms with van der Waals surface area (Å²) < 4.78 is 5.19. The van der Waals surface area contributed by atoms with E-state index in [9.17, 15) is 4.79 Å². The van der Waals surface area contributed by atoms with Crippen LogP contribution >= 0.6 is 0 Å². The molecule has 2 rings (SSSR count). The summed E-state index contributed by atoms with van der Waals surface area (Å²) >= 11 is 0. The maximum Gasteiger partial charge on any atom is 0.224 e. The summed E-state index contributed by atoms with van der Waals surface area (Å²) in [5.74, 6) is 0.680. The number of aromatic nitrogens is 1. The number of nitrogens with two attached hydrogens (primary N) is 1. The molecule has 0 saturated carbocycles. The highest BCUT2D eigenvalue weighted by Crippen LogP contribution is 2.20. The van der Waals surface area contributed by atoms with Gasteiger partial charge in [0.25, 0.3) is 0 Å². The van der Waals surface area contributed by atoms with Gasteiger partial charge in [-0.05, 0) is 37.6 Å². The second-order valence-electron chi connectivity index (χ2n) is 4.51. The van der Waals surface area contributed by atoms with Crippen LogP contribution in [0.15, 0.2) is 41.3 Å². The Labute approximate surface area is 111 Å².